The molecule has 0 aliphatic rings. The highest BCUT2D eigenvalue weighted by atomic mass is 14.3. The van der Waals surface area contributed by atoms with E-state index in [4.69, 9.17) is 0 Å². The molecule has 0 radical (unpaired) electrons. The fourth-order valence-electron chi connectivity index (χ4n) is 10.6. The van der Waals surface area contributed by atoms with Crippen LogP contribution < -0.4 is 0 Å². The molecule has 0 bridgehead atoms. The summed E-state index contributed by atoms with van der Waals surface area (Å²) in [7, 11) is 0. The molecule has 0 nitrogen and oxygen atoms in total. The fourth-order valence-corrected chi connectivity index (χ4v) is 10.6. The fraction of sp³-hybridized carbons (Fsp3) is 0. The number of benzene rings is 13. The van der Waals surface area contributed by atoms with Crippen LogP contribution in [0.4, 0.5) is 0 Å². The molecule has 0 saturated heterocycles. The first kappa shape index (κ1) is 34.8. The zero-order valence-electron chi connectivity index (χ0n) is 33.9. The Morgan fingerprint density at radius 1 is 0.177 bits per heavy atom. The molecule has 0 aliphatic heterocycles. The van der Waals surface area contributed by atoms with E-state index in [0.29, 0.717) is 0 Å². The Kier molecular flexibility index (Phi) is 7.71. The highest BCUT2D eigenvalue weighted by Gasteiger charge is 2.22. The number of rotatable bonds is 4. The van der Waals surface area contributed by atoms with Crippen LogP contribution in [0.1, 0.15) is 0 Å². The van der Waals surface area contributed by atoms with E-state index >= 15 is 0 Å². The van der Waals surface area contributed by atoms with E-state index in [1.54, 1.807) is 0 Å². The zero-order chi connectivity index (χ0) is 40.7. The Balaban J connectivity index is 1.19. The molecule has 0 atom stereocenters. The summed E-state index contributed by atoms with van der Waals surface area (Å²) in [6.45, 7) is 0. The van der Waals surface area contributed by atoms with Gasteiger partial charge in [-0.3, -0.25) is 0 Å². The van der Waals surface area contributed by atoms with Crippen molar-refractivity contribution in [3.05, 3.63) is 231 Å². The molecule has 62 heavy (non-hydrogen) atoms. The molecule has 286 valence electrons. The molecular weight excluding hydrogens is 745 g/mol. The molecule has 0 fully saturated rings. The summed E-state index contributed by atoms with van der Waals surface area (Å²) in [4.78, 5) is 0. The molecule has 13 rings (SSSR count). The first-order valence-corrected chi connectivity index (χ1v) is 21.6. The van der Waals surface area contributed by atoms with Crippen LogP contribution in [0.2, 0.25) is 0 Å². The minimum absolute atomic E-state index is 1.21. The second-order valence-corrected chi connectivity index (χ2v) is 16.7. The van der Waals surface area contributed by atoms with Gasteiger partial charge in [-0.25, -0.2) is 0 Å². The summed E-state index contributed by atoms with van der Waals surface area (Å²) in [5.74, 6) is 0. The van der Waals surface area contributed by atoms with Crippen molar-refractivity contribution in [1.82, 2.24) is 0 Å². The molecule has 13 aromatic carbocycles. The predicted octanol–water partition coefficient (Wildman–Crippen LogP) is 17.6. The molecule has 0 heterocycles. The van der Waals surface area contributed by atoms with E-state index in [1.165, 1.54) is 131 Å². The summed E-state index contributed by atoms with van der Waals surface area (Å²) < 4.78 is 0. The van der Waals surface area contributed by atoms with Crippen molar-refractivity contribution in [2.24, 2.45) is 0 Å². The first-order chi connectivity index (χ1) is 30.8. The van der Waals surface area contributed by atoms with Crippen LogP contribution in [-0.4, -0.2) is 0 Å². The molecule has 0 unspecified atom stereocenters. The van der Waals surface area contributed by atoms with Crippen molar-refractivity contribution in [2.75, 3.05) is 0 Å². The maximum Gasteiger partial charge on any atom is -0.00141 e. The molecule has 13 aromatic rings. The molecule has 0 spiro atoms. The van der Waals surface area contributed by atoms with E-state index in [9.17, 15) is 0 Å². The van der Waals surface area contributed by atoms with Crippen molar-refractivity contribution in [3.8, 4) is 44.5 Å². The van der Waals surface area contributed by atoms with Gasteiger partial charge in [0.2, 0.25) is 0 Å². The molecule has 0 amide bonds. The van der Waals surface area contributed by atoms with Crippen LogP contribution in [0.3, 0.4) is 0 Å². The zero-order valence-corrected chi connectivity index (χ0v) is 33.9. The van der Waals surface area contributed by atoms with Crippen molar-refractivity contribution >= 4 is 86.2 Å². The minimum atomic E-state index is 1.21. The van der Waals surface area contributed by atoms with Crippen molar-refractivity contribution in [2.45, 2.75) is 0 Å². The standard InChI is InChI=1S/C62H38/c1-3-18-43-36-45(30-28-39(43)14-1)59-56-35-32-42-17-6-8-22-49(42)62(56)60(46-31-29-40-15-2-4-19-44(40)37-46)55-34-33-47(38-57(55)59)58-51-23-9-11-25-53(51)61(54-26-12-10-24-52(54)58)50-27-13-20-41-16-5-7-21-48(41)50/h1-38H. The quantitative estimate of drug-likeness (QED) is 0.123. The van der Waals surface area contributed by atoms with Gasteiger partial charge in [0.15, 0.2) is 0 Å². The molecule has 0 N–H and O–H groups in total. The molecule has 0 heteroatoms. The average molecular weight is 783 g/mol. The Morgan fingerprint density at radius 2 is 0.565 bits per heavy atom. The monoisotopic (exact) mass is 782 g/mol. The van der Waals surface area contributed by atoms with Crippen LogP contribution in [0.5, 0.6) is 0 Å². The van der Waals surface area contributed by atoms with Gasteiger partial charge in [-0.15, -0.1) is 0 Å². The van der Waals surface area contributed by atoms with Crippen LogP contribution in [-0.2, 0) is 0 Å². The molecule has 0 saturated carbocycles. The van der Waals surface area contributed by atoms with Gasteiger partial charge in [0.25, 0.3) is 0 Å². The van der Waals surface area contributed by atoms with Crippen LogP contribution >= 0.6 is 0 Å². The Bertz CT molecular complexity index is 3920. The lowest BCUT2D eigenvalue weighted by Gasteiger charge is -2.22. The van der Waals surface area contributed by atoms with Crippen molar-refractivity contribution in [3.63, 3.8) is 0 Å². The van der Waals surface area contributed by atoms with Gasteiger partial charge in [0, 0.05) is 0 Å². The summed E-state index contributed by atoms with van der Waals surface area (Å²) >= 11 is 0. The Labute approximate surface area is 359 Å². The predicted molar refractivity (Wildman–Crippen MR) is 268 cm³/mol. The minimum Gasteiger partial charge on any atom is -0.0616 e. The van der Waals surface area contributed by atoms with Gasteiger partial charge >= 0.3 is 0 Å². The third-order valence-electron chi connectivity index (χ3n) is 13.4. The summed E-state index contributed by atoms with van der Waals surface area (Å²) in [5.41, 5.74) is 10.00. The van der Waals surface area contributed by atoms with E-state index in [-0.39, 0.29) is 0 Å². The number of hydrogen-bond donors (Lipinski definition) is 0. The highest BCUT2D eigenvalue weighted by Crippen LogP contribution is 2.50. The second-order valence-electron chi connectivity index (χ2n) is 16.7. The van der Waals surface area contributed by atoms with Crippen molar-refractivity contribution in [1.29, 1.82) is 0 Å². The van der Waals surface area contributed by atoms with Gasteiger partial charge in [-0.05, 0) is 149 Å². The summed E-state index contributed by atoms with van der Waals surface area (Å²) in [6, 6.07) is 85.9. The highest BCUT2D eigenvalue weighted by molar-refractivity contribution is 6.30. The summed E-state index contributed by atoms with van der Waals surface area (Å²) in [6.07, 6.45) is 0. The van der Waals surface area contributed by atoms with Crippen LogP contribution in [0, 0.1) is 0 Å². The number of hydrogen-bond acceptors (Lipinski definition) is 0. The van der Waals surface area contributed by atoms with E-state index < -0.39 is 0 Å². The van der Waals surface area contributed by atoms with E-state index in [2.05, 4.69) is 231 Å². The van der Waals surface area contributed by atoms with Gasteiger partial charge in [-0.1, -0.05) is 212 Å². The molecule has 0 aliphatic carbocycles. The maximum atomic E-state index is 2.50. The first-order valence-electron chi connectivity index (χ1n) is 21.6. The molecule has 0 aromatic heterocycles. The van der Waals surface area contributed by atoms with Gasteiger partial charge in [0.05, 0.1) is 0 Å². The third kappa shape index (κ3) is 5.27. The normalized spacial score (nSPS) is 11.9. The smallest absolute Gasteiger partial charge is 0.00141 e. The van der Waals surface area contributed by atoms with Gasteiger partial charge < -0.3 is 0 Å². The lowest BCUT2D eigenvalue weighted by atomic mass is 9.81. The van der Waals surface area contributed by atoms with Crippen molar-refractivity contribution < 1.29 is 0 Å². The Hall–Kier alpha value is -8.06. The lowest BCUT2D eigenvalue weighted by molar-refractivity contribution is 1.67. The SMILES string of the molecule is c1ccc2cc(-c3c4cc(-c5c6ccccc6c(-c6cccc7ccccc67)c6ccccc56)ccc4c(-c4ccc5ccccc5c4)c4c3ccc3ccccc34)ccc2c1. The largest absolute Gasteiger partial charge is 0.0616 e. The lowest BCUT2D eigenvalue weighted by Crippen LogP contribution is -1.94. The average Bonchev–Trinajstić information content (AvgIpc) is 3.34. The third-order valence-corrected chi connectivity index (χ3v) is 13.4. The maximum absolute atomic E-state index is 2.50. The number of fused-ring (bicyclic) bond motifs is 9. The van der Waals surface area contributed by atoms with Gasteiger partial charge in [0.1, 0.15) is 0 Å². The summed E-state index contributed by atoms with van der Waals surface area (Å²) in [5, 5.41) is 20.1. The topological polar surface area (TPSA) is 0 Å². The van der Waals surface area contributed by atoms with Crippen LogP contribution in [0.15, 0.2) is 231 Å². The van der Waals surface area contributed by atoms with Gasteiger partial charge in [-0.2, -0.15) is 0 Å². The van der Waals surface area contributed by atoms with Crippen LogP contribution in [0.25, 0.3) is 131 Å². The Morgan fingerprint density at radius 3 is 1.19 bits per heavy atom. The molecular formula is C62H38. The van der Waals surface area contributed by atoms with E-state index in [0.717, 1.165) is 0 Å². The second kappa shape index (κ2) is 13.7. The van der Waals surface area contributed by atoms with E-state index in [1.807, 2.05) is 0 Å².